The van der Waals surface area contributed by atoms with E-state index in [2.05, 4.69) is 13.5 Å². The Bertz CT molecular complexity index is 689. The van der Waals surface area contributed by atoms with Gasteiger partial charge in [-0.1, -0.05) is 37.8 Å². The smallest absolute Gasteiger partial charge is 0.161 e. The van der Waals surface area contributed by atoms with Crippen LogP contribution in [0.25, 0.3) is 0 Å². The molecule has 0 aromatic rings. The summed E-state index contributed by atoms with van der Waals surface area (Å²) >= 11 is 0. The van der Waals surface area contributed by atoms with Gasteiger partial charge < -0.3 is 18.9 Å². The average molecular weight is 475 g/mol. The van der Waals surface area contributed by atoms with Gasteiger partial charge >= 0.3 is 0 Å². The number of methoxy groups -OCH3 is 2. The van der Waals surface area contributed by atoms with Gasteiger partial charge in [-0.3, -0.25) is 4.79 Å². The van der Waals surface area contributed by atoms with Crippen LogP contribution in [0.3, 0.4) is 0 Å². The summed E-state index contributed by atoms with van der Waals surface area (Å²) in [6, 6.07) is 0. The quantitative estimate of drug-likeness (QED) is 0.476. The normalized spacial score (nSPS) is 49.9. The number of carbonyl (C=O) groups excluding carboxylic acids is 1. The lowest BCUT2D eigenvalue weighted by molar-refractivity contribution is -0.140. The van der Waals surface area contributed by atoms with E-state index in [0.29, 0.717) is 41.5 Å². The minimum absolute atomic E-state index is 0.00891. The SMILES string of the molecule is C=C1C2CCCCC2CC2C(OC)OC(C)C12.COC1OC(C)C2C(=O)C3CCCCC3CC12. The minimum Gasteiger partial charge on any atom is -0.356 e. The van der Waals surface area contributed by atoms with Crippen LogP contribution >= 0.6 is 0 Å². The van der Waals surface area contributed by atoms with Crippen molar-refractivity contribution in [1.29, 1.82) is 0 Å². The number of ketones is 1. The molecule has 0 radical (unpaired) electrons. The molecule has 4 aliphatic carbocycles. The first-order valence-electron chi connectivity index (χ1n) is 14.0. The number of ether oxygens (including phenoxy) is 4. The highest BCUT2D eigenvalue weighted by Crippen LogP contribution is 2.53. The van der Waals surface area contributed by atoms with E-state index in [0.717, 1.165) is 24.7 Å². The number of hydrogen-bond acceptors (Lipinski definition) is 5. The maximum atomic E-state index is 12.6. The summed E-state index contributed by atoms with van der Waals surface area (Å²) in [5.41, 5.74) is 1.47. The zero-order valence-electron chi connectivity index (χ0n) is 21.7. The van der Waals surface area contributed by atoms with Gasteiger partial charge in [-0.05, 0) is 70.1 Å². The van der Waals surface area contributed by atoms with Crippen LogP contribution in [0.1, 0.15) is 78.1 Å². The first kappa shape index (κ1) is 24.9. The molecular weight excluding hydrogens is 428 g/mol. The summed E-state index contributed by atoms with van der Waals surface area (Å²) in [5.74, 6) is 4.52. The first-order valence-corrected chi connectivity index (χ1v) is 14.0. The molecule has 0 bridgehead atoms. The summed E-state index contributed by atoms with van der Waals surface area (Å²) in [7, 11) is 3.46. The summed E-state index contributed by atoms with van der Waals surface area (Å²) in [6.45, 7) is 8.64. The number of fused-ring (bicyclic) bond motifs is 4. The molecule has 34 heavy (non-hydrogen) atoms. The third kappa shape index (κ3) is 4.33. The third-order valence-corrected chi connectivity index (χ3v) is 10.4. The number of Topliss-reactive ketones (excluding diaryl/α,β-unsaturated/α-hetero) is 1. The van der Waals surface area contributed by atoms with Crippen molar-refractivity contribution in [2.24, 2.45) is 47.3 Å². The van der Waals surface area contributed by atoms with Crippen LogP contribution in [-0.2, 0) is 23.7 Å². The second kappa shape index (κ2) is 10.3. The van der Waals surface area contributed by atoms with Gasteiger partial charge in [-0.15, -0.1) is 0 Å². The fourth-order valence-corrected chi connectivity index (χ4v) is 8.86. The minimum atomic E-state index is -0.151. The zero-order valence-corrected chi connectivity index (χ0v) is 21.7. The van der Waals surface area contributed by atoms with Gasteiger partial charge in [0.15, 0.2) is 12.6 Å². The van der Waals surface area contributed by atoms with Gasteiger partial charge in [0, 0.05) is 37.9 Å². The van der Waals surface area contributed by atoms with Crippen LogP contribution in [0.2, 0.25) is 0 Å². The highest BCUT2D eigenvalue weighted by atomic mass is 16.7. The van der Waals surface area contributed by atoms with Crippen molar-refractivity contribution >= 4 is 5.78 Å². The topological polar surface area (TPSA) is 54.0 Å². The predicted octanol–water partition coefficient (Wildman–Crippen LogP) is 5.77. The molecule has 0 amide bonds. The van der Waals surface area contributed by atoms with Crippen molar-refractivity contribution in [3.63, 3.8) is 0 Å². The lowest BCUT2D eigenvalue weighted by Gasteiger charge is -2.44. The van der Waals surface area contributed by atoms with Crippen molar-refractivity contribution in [3.05, 3.63) is 12.2 Å². The fraction of sp³-hybridized carbons (Fsp3) is 0.897. The van der Waals surface area contributed by atoms with Gasteiger partial charge in [-0.25, -0.2) is 0 Å². The second-order valence-corrected chi connectivity index (χ2v) is 12.0. The Morgan fingerprint density at radius 3 is 1.79 bits per heavy atom. The van der Waals surface area contributed by atoms with Crippen molar-refractivity contribution < 1.29 is 23.7 Å². The number of rotatable bonds is 2. The van der Waals surface area contributed by atoms with Crippen LogP contribution in [0.15, 0.2) is 12.2 Å². The molecule has 5 nitrogen and oxygen atoms in total. The van der Waals surface area contributed by atoms with Gasteiger partial charge in [0.1, 0.15) is 5.78 Å². The molecule has 0 N–H and O–H groups in total. The van der Waals surface area contributed by atoms with Crippen molar-refractivity contribution in [3.8, 4) is 0 Å². The van der Waals surface area contributed by atoms with Gasteiger partial charge in [-0.2, -0.15) is 0 Å². The summed E-state index contributed by atoms with van der Waals surface area (Å²) < 4.78 is 22.7. The average Bonchev–Trinajstić information content (AvgIpc) is 3.35. The van der Waals surface area contributed by atoms with Crippen LogP contribution in [0.4, 0.5) is 0 Å². The monoisotopic (exact) mass is 474 g/mol. The number of hydrogen-bond donors (Lipinski definition) is 0. The van der Waals surface area contributed by atoms with E-state index in [1.54, 1.807) is 14.2 Å². The molecule has 6 aliphatic rings. The Morgan fingerprint density at radius 2 is 1.21 bits per heavy atom. The molecule has 192 valence electrons. The molecule has 5 heteroatoms. The van der Waals surface area contributed by atoms with Crippen LogP contribution in [-0.4, -0.2) is 44.8 Å². The molecule has 2 heterocycles. The lowest BCUT2D eigenvalue weighted by atomic mass is 9.61. The molecule has 4 saturated carbocycles. The number of carbonyl (C=O) groups is 1. The molecule has 12 atom stereocenters. The lowest BCUT2D eigenvalue weighted by Crippen LogP contribution is -2.44. The standard InChI is InChI=1S/C15H24O2.C14H22O3/c1-9-12-7-5-4-6-11(12)8-13-14(9)10(2)17-15(13)16-3;1-8-12-11(14(16-2)17-8)7-9-5-3-4-6-10(9)13(12)15/h10-15H,1,4-8H2,2-3H3;8-12,14H,3-7H2,1-2H3. The molecule has 2 aliphatic heterocycles. The van der Waals surface area contributed by atoms with E-state index in [9.17, 15) is 4.79 Å². The van der Waals surface area contributed by atoms with Crippen LogP contribution in [0.5, 0.6) is 0 Å². The molecule has 0 aromatic carbocycles. The van der Waals surface area contributed by atoms with E-state index in [1.807, 2.05) is 6.92 Å². The van der Waals surface area contributed by atoms with Gasteiger partial charge in [0.2, 0.25) is 0 Å². The Kier molecular flexibility index (Phi) is 7.56. The molecule has 0 aromatic heterocycles. The first-order chi connectivity index (χ1) is 16.4. The molecule has 6 fully saturated rings. The largest absolute Gasteiger partial charge is 0.356 e. The second-order valence-electron chi connectivity index (χ2n) is 12.0. The zero-order chi connectivity index (χ0) is 24.0. The van der Waals surface area contributed by atoms with Crippen molar-refractivity contribution in [2.45, 2.75) is 103 Å². The molecule has 2 saturated heterocycles. The van der Waals surface area contributed by atoms with Crippen molar-refractivity contribution in [1.82, 2.24) is 0 Å². The van der Waals surface area contributed by atoms with Gasteiger partial charge in [0.25, 0.3) is 0 Å². The summed E-state index contributed by atoms with van der Waals surface area (Å²) in [6.07, 6.45) is 13.0. The summed E-state index contributed by atoms with van der Waals surface area (Å²) in [4.78, 5) is 12.6. The Balaban J connectivity index is 0.000000142. The molecule has 6 rings (SSSR count). The highest BCUT2D eigenvalue weighted by Gasteiger charge is 2.54. The molecule has 0 spiro atoms. The van der Waals surface area contributed by atoms with E-state index in [-0.39, 0.29) is 24.6 Å². The Hall–Kier alpha value is -0.750. The molecule has 12 unspecified atom stereocenters. The fourth-order valence-electron chi connectivity index (χ4n) is 8.86. The maximum Gasteiger partial charge on any atom is 0.161 e. The van der Waals surface area contributed by atoms with E-state index in [1.165, 1.54) is 56.9 Å². The highest BCUT2D eigenvalue weighted by molar-refractivity contribution is 5.85. The Labute approximate surface area is 206 Å². The van der Waals surface area contributed by atoms with E-state index in [4.69, 9.17) is 18.9 Å². The summed E-state index contributed by atoms with van der Waals surface area (Å²) in [5, 5.41) is 0. The predicted molar refractivity (Wildman–Crippen MR) is 131 cm³/mol. The third-order valence-electron chi connectivity index (χ3n) is 10.4. The van der Waals surface area contributed by atoms with Gasteiger partial charge in [0.05, 0.1) is 18.1 Å². The molecular formula is C29H46O5. The van der Waals surface area contributed by atoms with E-state index >= 15 is 0 Å². The maximum absolute atomic E-state index is 12.6. The van der Waals surface area contributed by atoms with Crippen LogP contribution in [0, 0.1) is 47.3 Å². The van der Waals surface area contributed by atoms with Crippen molar-refractivity contribution in [2.75, 3.05) is 14.2 Å². The van der Waals surface area contributed by atoms with Crippen LogP contribution < -0.4 is 0 Å². The Morgan fingerprint density at radius 1 is 0.735 bits per heavy atom. The van der Waals surface area contributed by atoms with E-state index < -0.39 is 0 Å².